The maximum absolute atomic E-state index is 6.27. The third kappa shape index (κ3) is 3.27. The Morgan fingerprint density at radius 1 is 0.818 bits per heavy atom. The lowest BCUT2D eigenvalue weighted by atomic mass is 9.81. The summed E-state index contributed by atoms with van der Waals surface area (Å²) in [7, 11) is 0. The highest BCUT2D eigenvalue weighted by molar-refractivity contribution is 8.14. The van der Waals surface area contributed by atoms with E-state index in [4.69, 9.17) is 15.5 Å². The molecule has 1 spiro atoms. The molecule has 3 aromatic heterocycles. The standard InChI is InChI=1S/C26H21N5OS/c1-15-5-18(11-28-9-15)17-3-4-23-21(7-17)26(14-33-25(27)31-26)22-8-20(13-30-24(22)32-23)19-6-16(2)10-29-12-19/h3-13H,14H2,1-2H3,(H2,27,31)/t26-/m0/s1. The van der Waals surface area contributed by atoms with Crippen LogP contribution in [0.4, 0.5) is 0 Å². The van der Waals surface area contributed by atoms with Crippen LogP contribution in [0.1, 0.15) is 22.3 Å². The van der Waals surface area contributed by atoms with Crippen molar-refractivity contribution in [1.29, 1.82) is 0 Å². The van der Waals surface area contributed by atoms with Crippen molar-refractivity contribution < 1.29 is 4.74 Å². The van der Waals surface area contributed by atoms with E-state index in [0.29, 0.717) is 16.8 Å². The Hall–Kier alpha value is -3.71. The van der Waals surface area contributed by atoms with Crippen molar-refractivity contribution in [3.8, 4) is 33.9 Å². The second-order valence-electron chi connectivity index (χ2n) is 8.49. The zero-order chi connectivity index (χ0) is 22.6. The van der Waals surface area contributed by atoms with Gasteiger partial charge in [0.25, 0.3) is 0 Å². The van der Waals surface area contributed by atoms with E-state index >= 15 is 0 Å². The second kappa shape index (κ2) is 7.42. The molecular weight excluding hydrogens is 430 g/mol. The van der Waals surface area contributed by atoms with E-state index in [0.717, 1.165) is 50.3 Å². The SMILES string of the molecule is Cc1cncc(-c2ccc3c(c2)[C@@]2(CSC(N)=N2)c2cc(-c4cncc(C)c4)cnc2O3)c1. The molecule has 4 aromatic rings. The topological polar surface area (TPSA) is 86.3 Å². The lowest BCUT2D eigenvalue weighted by Gasteiger charge is -2.34. The molecule has 162 valence electrons. The largest absolute Gasteiger partial charge is 0.438 e. The lowest BCUT2D eigenvalue weighted by molar-refractivity contribution is 0.400. The number of aliphatic imine (C=N–C) groups is 1. The average molecular weight is 452 g/mol. The van der Waals surface area contributed by atoms with Gasteiger partial charge >= 0.3 is 0 Å². The van der Waals surface area contributed by atoms with Crippen LogP contribution in [0.25, 0.3) is 22.3 Å². The van der Waals surface area contributed by atoms with E-state index in [-0.39, 0.29) is 0 Å². The van der Waals surface area contributed by atoms with E-state index in [9.17, 15) is 0 Å². The van der Waals surface area contributed by atoms with Crippen molar-refractivity contribution in [2.45, 2.75) is 19.4 Å². The van der Waals surface area contributed by atoms with E-state index in [1.807, 2.05) is 50.9 Å². The summed E-state index contributed by atoms with van der Waals surface area (Å²) in [5.74, 6) is 2.01. The molecule has 33 heavy (non-hydrogen) atoms. The number of fused-ring (bicyclic) bond motifs is 4. The first kappa shape index (κ1) is 19.9. The van der Waals surface area contributed by atoms with Crippen molar-refractivity contribution in [3.63, 3.8) is 0 Å². The van der Waals surface area contributed by atoms with Crippen LogP contribution in [-0.4, -0.2) is 25.9 Å². The smallest absolute Gasteiger partial charge is 0.225 e. The molecule has 0 saturated heterocycles. The van der Waals surface area contributed by atoms with Crippen molar-refractivity contribution in [2.24, 2.45) is 10.7 Å². The maximum atomic E-state index is 6.27. The van der Waals surface area contributed by atoms with Crippen LogP contribution in [0.3, 0.4) is 0 Å². The van der Waals surface area contributed by atoms with Gasteiger partial charge in [-0.1, -0.05) is 17.8 Å². The Morgan fingerprint density at radius 3 is 2.15 bits per heavy atom. The molecule has 7 heteroatoms. The van der Waals surface area contributed by atoms with Crippen molar-refractivity contribution in [1.82, 2.24) is 15.0 Å². The van der Waals surface area contributed by atoms with Crippen LogP contribution in [0, 0.1) is 13.8 Å². The number of nitrogens with two attached hydrogens (primary N) is 1. The number of rotatable bonds is 2. The molecule has 1 atom stereocenters. The van der Waals surface area contributed by atoms with E-state index < -0.39 is 5.54 Å². The number of pyridine rings is 3. The summed E-state index contributed by atoms with van der Waals surface area (Å²) in [6.07, 6.45) is 9.26. The maximum Gasteiger partial charge on any atom is 0.225 e. The highest BCUT2D eigenvalue weighted by Gasteiger charge is 2.46. The molecule has 0 unspecified atom stereocenters. The van der Waals surface area contributed by atoms with Crippen LogP contribution in [-0.2, 0) is 5.54 Å². The van der Waals surface area contributed by atoms with Gasteiger partial charge in [0.05, 0.1) is 0 Å². The molecule has 1 aromatic carbocycles. The summed E-state index contributed by atoms with van der Waals surface area (Å²) in [5.41, 5.74) is 13.8. The van der Waals surface area contributed by atoms with Crippen molar-refractivity contribution in [2.75, 3.05) is 5.75 Å². The van der Waals surface area contributed by atoms with Crippen LogP contribution < -0.4 is 10.5 Å². The number of amidine groups is 1. The molecule has 2 aliphatic heterocycles. The Balaban J connectivity index is 1.55. The molecule has 0 aliphatic carbocycles. The summed E-state index contributed by atoms with van der Waals surface area (Å²) in [5, 5.41) is 0.569. The van der Waals surface area contributed by atoms with Gasteiger partial charge in [0.15, 0.2) is 5.17 Å². The Bertz CT molecular complexity index is 1350. The fraction of sp³-hybridized carbons (Fsp3) is 0.154. The summed E-state index contributed by atoms with van der Waals surface area (Å²) in [4.78, 5) is 18.4. The normalized spacial score (nSPS) is 18.4. The van der Waals surface area contributed by atoms with Gasteiger partial charge in [-0.3, -0.25) is 9.97 Å². The minimum absolute atomic E-state index is 0.566. The van der Waals surface area contributed by atoms with E-state index in [1.54, 1.807) is 11.8 Å². The Labute approximate surface area is 196 Å². The third-order valence-electron chi connectivity index (χ3n) is 6.08. The number of nitrogens with zero attached hydrogens (tertiary/aromatic N) is 4. The molecule has 2 N–H and O–H groups in total. The molecule has 0 bridgehead atoms. The summed E-state index contributed by atoms with van der Waals surface area (Å²) in [6.45, 7) is 4.07. The van der Waals surface area contributed by atoms with Crippen molar-refractivity contribution >= 4 is 16.9 Å². The first-order chi connectivity index (χ1) is 16.0. The number of hydrogen-bond acceptors (Lipinski definition) is 7. The summed E-state index contributed by atoms with van der Waals surface area (Å²) >= 11 is 1.56. The fourth-order valence-corrected chi connectivity index (χ4v) is 5.44. The monoisotopic (exact) mass is 451 g/mol. The molecule has 0 radical (unpaired) electrons. The molecule has 0 saturated carbocycles. The first-order valence-corrected chi connectivity index (χ1v) is 11.7. The number of aromatic nitrogens is 3. The van der Waals surface area contributed by atoms with Crippen LogP contribution >= 0.6 is 11.8 Å². The zero-order valence-electron chi connectivity index (χ0n) is 18.2. The molecular formula is C26H21N5OS. The number of ether oxygens (including phenoxy) is 1. The van der Waals surface area contributed by atoms with Gasteiger partial charge in [0.1, 0.15) is 11.3 Å². The lowest BCUT2D eigenvalue weighted by Crippen LogP contribution is -2.30. The van der Waals surface area contributed by atoms with Crippen LogP contribution in [0.5, 0.6) is 11.6 Å². The number of hydrogen-bond donors (Lipinski definition) is 1. The Morgan fingerprint density at radius 2 is 1.48 bits per heavy atom. The minimum Gasteiger partial charge on any atom is -0.438 e. The van der Waals surface area contributed by atoms with Gasteiger partial charge in [-0.2, -0.15) is 0 Å². The summed E-state index contributed by atoms with van der Waals surface area (Å²) in [6, 6.07) is 12.5. The van der Waals surface area contributed by atoms with E-state index in [2.05, 4.69) is 45.3 Å². The highest BCUT2D eigenvalue weighted by Crippen LogP contribution is 2.53. The molecule has 6 nitrogen and oxygen atoms in total. The van der Waals surface area contributed by atoms with Gasteiger partial charge in [-0.25, -0.2) is 9.98 Å². The van der Waals surface area contributed by atoms with Gasteiger partial charge in [-0.15, -0.1) is 0 Å². The predicted octanol–water partition coefficient (Wildman–Crippen LogP) is 5.23. The van der Waals surface area contributed by atoms with Gasteiger partial charge < -0.3 is 10.5 Å². The number of aryl methyl sites for hydroxylation is 2. The molecule has 5 heterocycles. The quantitative estimate of drug-likeness (QED) is 0.449. The van der Waals surface area contributed by atoms with Crippen molar-refractivity contribution in [3.05, 3.63) is 89.6 Å². The van der Waals surface area contributed by atoms with Gasteiger partial charge in [-0.05, 0) is 60.9 Å². The van der Waals surface area contributed by atoms with Crippen LogP contribution in [0.15, 0.2) is 72.4 Å². The predicted molar refractivity (Wildman–Crippen MR) is 132 cm³/mol. The molecule has 2 aliphatic rings. The fourth-order valence-electron chi connectivity index (χ4n) is 4.49. The van der Waals surface area contributed by atoms with Crippen LogP contribution in [0.2, 0.25) is 0 Å². The van der Waals surface area contributed by atoms with Gasteiger partial charge in [0, 0.05) is 64.6 Å². The first-order valence-electron chi connectivity index (χ1n) is 10.7. The molecule has 6 rings (SSSR count). The highest BCUT2D eigenvalue weighted by atomic mass is 32.2. The number of thioether (sulfide) groups is 1. The minimum atomic E-state index is -0.662. The molecule has 0 fully saturated rings. The van der Waals surface area contributed by atoms with Gasteiger partial charge in [0.2, 0.25) is 5.88 Å². The Kier molecular flexibility index (Phi) is 4.48. The third-order valence-corrected chi connectivity index (χ3v) is 7.02. The second-order valence-corrected chi connectivity index (χ2v) is 9.49. The number of benzene rings is 1. The molecule has 0 amide bonds. The summed E-state index contributed by atoms with van der Waals surface area (Å²) < 4.78 is 6.27. The average Bonchev–Trinajstić information content (AvgIpc) is 3.21. The zero-order valence-corrected chi connectivity index (χ0v) is 19.1. The van der Waals surface area contributed by atoms with E-state index in [1.165, 1.54) is 0 Å².